The summed E-state index contributed by atoms with van der Waals surface area (Å²) in [6, 6.07) is 0. The zero-order valence-corrected chi connectivity index (χ0v) is 9.04. The summed E-state index contributed by atoms with van der Waals surface area (Å²) in [6.45, 7) is 7.26. The molecular formula is C9H19NO4. The van der Waals surface area contributed by atoms with E-state index < -0.39 is 12.4 Å². The van der Waals surface area contributed by atoms with Crippen molar-refractivity contribution in [2.24, 2.45) is 0 Å². The van der Waals surface area contributed by atoms with E-state index in [0.717, 1.165) is 0 Å². The topological polar surface area (TPSA) is 56.8 Å². The van der Waals surface area contributed by atoms with Gasteiger partial charge in [-0.05, 0) is 20.8 Å². The van der Waals surface area contributed by atoms with Crippen molar-refractivity contribution in [2.75, 3.05) is 26.4 Å². The number of alkyl carbamates (subject to hydrolysis) is 1. The van der Waals surface area contributed by atoms with Crippen molar-refractivity contribution in [1.82, 2.24) is 5.32 Å². The highest BCUT2D eigenvalue weighted by molar-refractivity contribution is 5.66. The lowest BCUT2D eigenvalue weighted by Crippen LogP contribution is -2.35. The Labute approximate surface area is 84.7 Å². The summed E-state index contributed by atoms with van der Waals surface area (Å²) in [5.41, 5.74) is 0. The van der Waals surface area contributed by atoms with Crippen molar-refractivity contribution in [3.63, 3.8) is 0 Å². The van der Waals surface area contributed by atoms with Crippen LogP contribution in [-0.4, -0.2) is 38.7 Å². The van der Waals surface area contributed by atoms with Crippen molar-refractivity contribution < 1.29 is 19.0 Å². The minimum Gasteiger partial charge on any atom is -0.450 e. The Bertz CT molecular complexity index is 146. The first kappa shape index (κ1) is 13.2. The molecule has 0 aliphatic heterocycles. The first-order valence-corrected chi connectivity index (χ1v) is 4.88. The first-order chi connectivity index (χ1) is 6.74. The molecule has 0 bridgehead atoms. The summed E-state index contributed by atoms with van der Waals surface area (Å²) in [7, 11) is 0. The molecule has 5 heteroatoms. The van der Waals surface area contributed by atoms with Gasteiger partial charge in [-0.3, -0.25) is 0 Å². The number of carbonyl (C=O) groups is 1. The van der Waals surface area contributed by atoms with E-state index in [1.807, 2.05) is 13.8 Å². The lowest BCUT2D eigenvalue weighted by molar-refractivity contribution is -0.132. The highest BCUT2D eigenvalue weighted by Crippen LogP contribution is 1.93. The van der Waals surface area contributed by atoms with Crippen LogP contribution in [0.4, 0.5) is 4.79 Å². The quantitative estimate of drug-likeness (QED) is 0.633. The molecule has 0 aliphatic rings. The molecule has 5 nitrogen and oxygen atoms in total. The summed E-state index contributed by atoms with van der Waals surface area (Å²) in [4.78, 5) is 10.9. The molecule has 0 aromatic rings. The lowest BCUT2D eigenvalue weighted by atomic mass is 10.6. The Morgan fingerprint density at radius 3 is 2.14 bits per heavy atom. The Balaban J connectivity index is 3.63. The number of hydrogen-bond acceptors (Lipinski definition) is 4. The molecule has 0 rings (SSSR count). The third-order valence-electron chi connectivity index (χ3n) is 1.39. The SMILES string of the molecule is CCOC(=O)NCC(OCC)OCC. The summed E-state index contributed by atoms with van der Waals surface area (Å²) in [5.74, 6) is 0. The van der Waals surface area contributed by atoms with E-state index in [9.17, 15) is 4.79 Å². The normalized spacial score (nSPS) is 10.3. The number of ether oxygens (including phenoxy) is 3. The van der Waals surface area contributed by atoms with Gasteiger partial charge in [-0.15, -0.1) is 0 Å². The predicted octanol–water partition coefficient (Wildman–Crippen LogP) is 1.13. The molecule has 0 atom stereocenters. The number of amides is 1. The highest BCUT2D eigenvalue weighted by Gasteiger charge is 2.09. The number of nitrogens with one attached hydrogen (secondary N) is 1. The smallest absolute Gasteiger partial charge is 0.407 e. The third-order valence-corrected chi connectivity index (χ3v) is 1.39. The third kappa shape index (κ3) is 6.68. The van der Waals surface area contributed by atoms with E-state index in [4.69, 9.17) is 9.47 Å². The predicted molar refractivity (Wildman–Crippen MR) is 52.1 cm³/mol. The Kier molecular flexibility index (Phi) is 8.27. The van der Waals surface area contributed by atoms with E-state index in [1.54, 1.807) is 6.92 Å². The minimum atomic E-state index is -0.447. The molecule has 0 aromatic carbocycles. The van der Waals surface area contributed by atoms with Gasteiger partial charge < -0.3 is 19.5 Å². The van der Waals surface area contributed by atoms with Crippen LogP contribution in [0.1, 0.15) is 20.8 Å². The second kappa shape index (κ2) is 8.77. The molecule has 0 radical (unpaired) electrons. The Hall–Kier alpha value is -0.810. The maximum absolute atomic E-state index is 10.9. The van der Waals surface area contributed by atoms with Crippen LogP contribution in [0, 0.1) is 0 Å². The van der Waals surface area contributed by atoms with Crippen molar-refractivity contribution in [2.45, 2.75) is 27.1 Å². The molecule has 0 heterocycles. The van der Waals surface area contributed by atoms with Crippen molar-refractivity contribution >= 4 is 6.09 Å². The van der Waals surface area contributed by atoms with Gasteiger partial charge >= 0.3 is 6.09 Å². The van der Waals surface area contributed by atoms with Crippen molar-refractivity contribution in [1.29, 1.82) is 0 Å². The molecule has 0 aromatic heterocycles. The number of hydrogen-bond donors (Lipinski definition) is 1. The van der Waals surface area contributed by atoms with Gasteiger partial charge in [0.05, 0.1) is 13.2 Å². The van der Waals surface area contributed by atoms with Gasteiger partial charge in [0.2, 0.25) is 0 Å². The Morgan fingerprint density at radius 1 is 1.14 bits per heavy atom. The standard InChI is InChI=1S/C9H19NO4/c1-4-12-8(13-5-2)7-10-9(11)14-6-3/h8H,4-7H2,1-3H3,(H,10,11). The van der Waals surface area contributed by atoms with Gasteiger partial charge in [0, 0.05) is 13.2 Å². The molecule has 0 spiro atoms. The van der Waals surface area contributed by atoms with E-state index in [1.165, 1.54) is 0 Å². The molecule has 0 unspecified atom stereocenters. The lowest BCUT2D eigenvalue weighted by Gasteiger charge is -2.16. The van der Waals surface area contributed by atoms with Gasteiger partial charge in [-0.25, -0.2) is 4.79 Å². The van der Waals surface area contributed by atoms with Crippen LogP contribution in [0.15, 0.2) is 0 Å². The van der Waals surface area contributed by atoms with Gasteiger partial charge in [0.15, 0.2) is 6.29 Å². The highest BCUT2D eigenvalue weighted by atomic mass is 16.7. The molecule has 0 fully saturated rings. The largest absolute Gasteiger partial charge is 0.450 e. The van der Waals surface area contributed by atoms with Crippen LogP contribution in [0.2, 0.25) is 0 Å². The summed E-state index contributed by atoms with van der Waals surface area (Å²) in [6.07, 6.45) is -0.841. The number of rotatable bonds is 7. The average molecular weight is 205 g/mol. The van der Waals surface area contributed by atoms with Crippen LogP contribution in [-0.2, 0) is 14.2 Å². The molecule has 0 saturated carbocycles. The van der Waals surface area contributed by atoms with Crippen molar-refractivity contribution in [3.8, 4) is 0 Å². The molecule has 0 saturated heterocycles. The number of carbonyl (C=O) groups excluding carboxylic acids is 1. The van der Waals surface area contributed by atoms with Crippen LogP contribution in [0.25, 0.3) is 0 Å². The van der Waals surface area contributed by atoms with Gasteiger partial charge in [0.25, 0.3) is 0 Å². The van der Waals surface area contributed by atoms with Gasteiger partial charge in [0.1, 0.15) is 0 Å². The molecule has 84 valence electrons. The maximum atomic E-state index is 10.9. The van der Waals surface area contributed by atoms with Crippen LogP contribution < -0.4 is 5.32 Å². The van der Waals surface area contributed by atoms with E-state index in [2.05, 4.69) is 10.1 Å². The second-order valence-electron chi connectivity index (χ2n) is 2.44. The summed E-state index contributed by atoms with van der Waals surface area (Å²) in [5, 5.41) is 2.54. The van der Waals surface area contributed by atoms with E-state index in [-0.39, 0.29) is 0 Å². The van der Waals surface area contributed by atoms with E-state index >= 15 is 0 Å². The van der Waals surface area contributed by atoms with Crippen molar-refractivity contribution in [3.05, 3.63) is 0 Å². The summed E-state index contributed by atoms with van der Waals surface area (Å²) < 4.78 is 15.1. The average Bonchev–Trinajstić information content (AvgIpc) is 2.15. The zero-order valence-electron chi connectivity index (χ0n) is 9.04. The van der Waals surface area contributed by atoms with E-state index in [0.29, 0.717) is 26.4 Å². The molecular weight excluding hydrogens is 186 g/mol. The molecule has 1 N–H and O–H groups in total. The molecule has 1 amide bonds. The van der Waals surface area contributed by atoms with Gasteiger partial charge in [-0.2, -0.15) is 0 Å². The fourth-order valence-electron chi connectivity index (χ4n) is 0.887. The minimum absolute atomic E-state index is 0.306. The first-order valence-electron chi connectivity index (χ1n) is 4.88. The monoisotopic (exact) mass is 205 g/mol. The fraction of sp³-hybridized carbons (Fsp3) is 0.889. The van der Waals surface area contributed by atoms with Gasteiger partial charge in [-0.1, -0.05) is 0 Å². The zero-order chi connectivity index (χ0) is 10.8. The molecule has 14 heavy (non-hydrogen) atoms. The Morgan fingerprint density at radius 2 is 1.71 bits per heavy atom. The summed E-state index contributed by atoms with van der Waals surface area (Å²) >= 11 is 0. The van der Waals surface area contributed by atoms with Crippen LogP contribution >= 0.6 is 0 Å². The molecule has 0 aliphatic carbocycles. The fourth-order valence-corrected chi connectivity index (χ4v) is 0.887. The second-order valence-corrected chi connectivity index (χ2v) is 2.44. The van der Waals surface area contributed by atoms with Crippen LogP contribution in [0.3, 0.4) is 0 Å². The maximum Gasteiger partial charge on any atom is 0.407 e. The van der Waals surface area contributed by atoms with Crippen LogP contribution in [0.5, 0.6) is 0 Å².